The molecule has 17 heavy (non-hydrogen) atoms. The van der Waals surface area contributed by atoms with Crippen LogP contribution in [-0.4, -0.2) is 27.2 Å². The molecule has 0 radical (unpaired) electrons. The van der Waals surface area contributed by atoms with Gasteiger partial charge < -0.3 is 15.4 Å². The predicted octanol–water partition coefficient (Wildman–Crippen LogP) is 2.36. The molecule has 2 N–H and O–H groups in total. The van der Waals surface area contributed by atoms with E-state index in [1.165, 1.54) is 5.69 Å². The zero-order valence-electron chi connectivity index (χ0n) is 11.3. The second kappa shape index (κ2) is 6.50. The molecule has 0 spiro atoms. The van der Waals surface area contributed by atoms with Crippen molar-refractivity contribution in [2.75, 3.05) is 32.1 Å². The van der Waals surface area contributed by atoms with Gasteiger partial charge in [0.2, 0.25) is 0 Å². The summed E-state index contributed by atoms with van der Waals surface area (Å²) in [6.45, 7) is 6.16. The van der Waals surface area contributed by atoms with Crippen molar-refractivity contribution in [1.82, 2.24) is 0 Å². The Kier molecular flexibility index (Phi) is 5.29. The van der Waals surface area contributed by atoms with E-state index < -0.39 is 0 Å². The molecular formula is C14H24N2O. The summed E-state index contributed by atoms with van der Waals surface area (Å²) in [7, 11) is 3.79. The van der Waals surface area contributed by atoms with Crippen molar-refractivity contribution in [3.63, 3.8) is 0 Å². The van der Waals surface area contributed by atoms with Gasteiger partial charge in [-0.1, -0.05) is 13.8 Å². The molecule has 0 saturated heterocycles. The molecule has 0 aliphatic rings. The van der Waals surface area contributed by atoms with E-state index in [4.69, 9.17) is 10.5 Å². The molecule has 1 aromatic carbocycles. The Hall–Kier alpha value is -1.22. The average Bonchev–Trinajstić information content (AvgIpc) is 2.35. The van der Waals surface area contributed by atoms with Gasteiger partial charge in [0.25, 0.3) is 0 Å². The van der Waals surface area contributed by atoms with E-state index >= 15 is 0 Å². The molecule has 1 atom stereocenters. The Labute approximate surface area is 105 Å². The van der Waals surface area contributed by atoms with Crippen molar-refractivity contribution >= 4 is 5.69 Å². The summed E-state index contributed by atoms with van der Waals surface area (Å²) in [6.07, 6.45) is 0. The number of rotatable bonds is 6. The highest BCUT2D eigenvalue weighted by Crippen LogP contribution is 2.20. The number of nitrogens with two attached hydrogens (primary N) is 1. The molecule has 1 rings (SSSR count). The first kappa shape index (κ1) is 13.8. The normalized spacial score (nSPS) is 12.6. The lowest BCUT2D eigenvalue weighted by Crippen LogP contribution is -2.33. The molecule has 0 heterocycles. The van der Waals surface area contributed by atoms with Gasteiger partial charge in [-0.15, -0.1) is 0 Å². The lowest BCUT2D eigenvalue weighted by molar-refractivity contribution is 0.397. The van der Waals surface area contributed by atoms with Crippen LogP contribution in [0.2, 0.25) is 0 Å². The molecule has 0 fully saturated rings. The summed E-state index contributed by atoms with van der Waals surface area (Å²) in [5.41, 5.74) is 7.00. The van der Waals surface area contributed by atoms with Crippen molar-refractivity contribution in [3.8, 4) is 5.75 Å². The summed E-state index contributed by atoms with van der Waals surface area (Å²) in [5.74, 6) is 2.03. The van der Waals surface area contributed by atoms with Crippen LogP contribution in [0.5, 0.6) is 5.75 Å². The standard InChI is InChI=1S/C14H24N2O/c1-11(2)12(9-15)10-16(3)13-5-7-14(17-4)8-6-13/h5-8,11-12H,9-10,15H2,1-4H3. The Morgan fingerprint density at radius 3 is 2.24 bits per heavy atom. The molecular weight excluding hydrogens is 212 g/mol. The van der Waals surface area contributed by atoms with Crippen LogP contribution < -0.4 is 15.4 Å². The molecule has 0 aromatic heterocycles. The van der Waals surface area contributed by atoms with Crippen LogP contribution in [0.25, 0.3) is 0 Å². The largest absolute Gasteiger partial charge is 0.497 e. The van der Waals surface area contributed by atoms with Gasteiger partial charge in [0, 0.05) is 19.3 Å². The minimum atomic E-state index is 0.530. The van der Waals surface area contributed by atoms with E-state index in [0.717, 1.165) is 18.8 Å². The number of benzene rings is 1. The van der Waals surface area contributed by atoms with Gasteiger partial charge >= 0.3 is 0 Å². The number of nitrogens with zero attached hydrogens (tertiary/aromatic N) is 1. The van der Waals surface area contributed by atoms with Crippen molar-refractivity contribution < 1.29 is 4.74 Å². The maximum Gasteiger partial charge on any atom is 0.119 e. The van der Waals surface area contributed by atoms with Crippen LogP contribution in [0.15, 0.2) is 24.3 Å². The first-order chi connectivity index (χ1) is 8.08. The monoisotopic (exact) mass is 236 g/mol. The minimum Gasteiger partial charge on any atom is -0.497 e. The molecule has 0 amide bonds. The average molecular weight is 236 g/mol. The lowest BCUT2D eigenvalue weighted by Gasteiger charge is -2.27. The van der Waals surface area contributed by atoms with Crippen molar-refractivity contribution in [2.24, 2.45) is 17.6 Å². The number of anilines is 1. The second-order valence-corrected chi connectivity index (χ2v) is 4.82. The highest BCUT2D eigenvalue weighted by Gasteiger charge is 2.14. The summed E-state index contributed by atoms with van der Waals surface area (Å²) in [5, 5.41) is 0. The smallest absolute Gasteiger partial charge is 0.119 e. The fourth-order valence-electron chi connectivity index (χ4n) is 1.85. The molecule has 0 aliphatic heterocycles. The van der Waals surface area contributed by atoms with Crippen LogP contribution in [0.3, 0.4) is 0 Å². The minimum absolute atomic E-state index is 0.530. The second-order valence-electron chi connectivity index (χ2n) is 4.82. The van der Waals surface area contributed by atoms with Crippen LogP contribution in [-0.2, 0) is 0 Å². The fraction of sp³-hybridized carbons (Fsp3) is 0.571. The Morgan fingerprint density at radius 1 is 1.24 bits per heavy atom. The zero-order valence-corrected chi connectivity index (χ0v) is 11.3. The molecule has 0 aliphatic carbocycles. The molecule has 1 aromatic rings. The molecule has 0 bridgehead atoms. The van der Waals surface area contributed by atoms with Crippen molar-refractivity contribution in [2.45, 2.75) is 13.8 Å². The predicted molar refractivity (Wildman–Crippen MR) is 73.6 cm³/mol. The van der Waals surface area contributed by atoms with Gasteiger partial charge in [-0.25, -0.2) is 0 Å². The maximum absolute atomic E-state index is 5.80. The maximum atomic E-state index is 5.80. The fourth-order valence-corrected chi connectivity index (χ4v) is 1.85. The third kappa shape index (κ3) is 3.93. The topological polar surface area (TPSA) is 38.5 Å². The van der Waals surface area contributed by atoms with Crippen LogP contribution >= 0.6 is 0 Å². The van der Waals surface area contributed by atoms with E-state index in [2.05, 4.69) is 37.9 Å². The Bertz CT molecular complexity index is 321. The van der Waals surface area contributed by atoms with Crippen molar-refractivity contribution in [3.05, 3.63) is 24.3 Å². The molecule has 1 unspecified atom stereocenters. The SMILES string of the molecule is COc1ccc(N(C)CC(CN)C(C)C)cc1. The van der Waals surface area contributed by atoms with Crippen molar-refractivity contribution in [1.29, 1.82) is 0 Å². The molecule has 0 saturated carbocycles. The van der Waals surface area contributed by atoms with E-state index in [-0.39, 0.29) is 0 Å². The van der Waals surface area contributed by atoms with Gasteiger partial charge in [-0.05, 0) is 42.6 Å². The van der Waals surface area contributed by atoms with Gasteiger partial charge in [0.05, 0.1) is 7.11 Å². The Balaban J connectivity index is 2.65. The molecule has 96 valence electrons. The summed E-state index contributed by atoms with van der Waals surface area (Å²) in [6, 6.07) is 8.12. The van der Waals surface area contributed by atoms with Crippen LogP contribution in [0.1, 0.15) is 13.8 Å². The quantitative estimate of drug-likeness (QED) is 0.824. The van der Waals surface area contributed by atoms with E-state index in [1.54, 1.807) is 7.11 Å². The number of methoxy groups -OCH3 is 1. The van der Waals surface area contributed by atoms with Gasteiger partial charge in [-0.3, -0.25) is 0 Å². The first-order valence-corrected chi connectivity index (χ1v) is 6.13. The van der Waals surface area contributed by atoms with Gasteiger partial charge in [0.1, 0.15) is 5.75 Å². The van der Waals surface area contributed by atoms with Crippen LogP contribution in [0.4, 0.5) is 5.69 Å². The Morgan fingerprint density at radius 2 is 1.82 bits per heavy atom. The molecule has 3 nitrogen and oxygen atoms in total. The van der Waals surface area contributed by atoms with E-state index in [0.29, 0.717) is 11.8 Å². The first-order valence-electron chi connectivity index (χ1n) is 6.13. The highest BCUT2D eigenvalue weighted by molar-refractivity contribution is 5.48. The number of hydrogen-bond donors (Lipinski definition) is 1. The van der Waals surface area contributed by atoms with Gasteiger partial charge in [-0.2, -0.15) is 0 Å². The van der Waals surface area contributed by atoms with E-state index in [1.807, 2.05) is 12.1 Å². The third-order valence-corrected chi connectivity index (χ3v) is 3.27. The number of ether oxygens (including phenoxy) is 1. The summed E-state index contributed by atoms with van der Waals surface area (Å²) < 4.78 is 5.15. The third-order valence-electron chi connectivity index (χ3n) is 3.27. The highest BCUT2D eigenvalue weighted by atomic mass is 16.5. The number of hydrogen-bond acceptors (Lipinski definition) is 3. The lowest BCUT2D eigenvalue weighted by atomic mass is 9.95. The zero-order chi connectivity index (χ0) is 12.8. The van der Waals surface area contributed by atoms with Gasteiger partial charge in [0.15, 0.2) is 0 Å². The molecule has 3 heteroatoms. The van der Waals surface area contributed by atoms with E-state index in [9.17, 15) is 0 Å². The van der Waals surface area contributed by atoms with Crippen LogP contribution in [0, 0.1) is 11.8 Å². The summed E-state index contributed by atoms with van der Waals surface area (Å²) in [4.78, 5) is 2.25. The summed E-state index contributed by atoms with van der Waals surface area (Å²) >= 11 is 0.